The highest BCUT2D eigenvalue weighted by Gasteiger charge is 2.60. The van der Waals surface area contributed by atoms with E-state index in [1.165, 1.54) is 19.3 Å². The minimum absolute atomic E-state index is 0.0207. The van der Waals surface area contributed by atoms with Crippen LogP contribution in [0.1, 0.15) is 50.3 Å². The lowest BCUT2D eigenvalue weighted by molar-refractivity contribution is -0.141. The molecule has 3 saturated carbocycles. The first-order chi connectivity index (χ1) is 21.1. The highest BCUT2D eigenvalue weighted by molar-refractivity contribution is 6.35. The Morgan fingerprint density at radius 3 is 2.73 bits per heavy atom. The molecular formula is C34H36ClN7O2. The number of hydrazine groups is 2. The zero-order valence-electron chi connectivity index (χ0n) is 25.0. The number of terminal acetylenes is 1. The maximum absolute atomic E-state index is 13.1. The van der Waals surface area contributed by atoms with E-state index in [9.17, 15) is 9.90 Å². The summed E-state index contributed by atoms with van der Waals surface area (Å²) in [5.41, 5.74) is 11.2. The number of hydrogen-bond acceptors (Lipinski definition) is 8. The van der Waals surface area contributed by atoms with Gasteiger partial charge in [0.15, 0.2) is 0 Å². The summed E-state index contributed by atoms with van der Waals surface area (Å²) >= 11 is 6.87. The first-order valence-corrected chi connectivity index (χ1v) is 15.3. The maximum Gasteiger partial charge on any atom is 0.258 e. The van der Waals surface area contributed by atoms with Gasteiger partial charge >= 0.3 is 0 Å². The van der Waals surface area contributed by atoms with Crippen molar-refractivity contribution < 1.29 is 5.11 Å². The first kappa shape index (κ1) is 28.5. The highest BCUT2D eigenvalue weighted by Crippen LogP contribution is 2.60. The van der Waals surface area contributed by atoms with Crippen LogP contribution in [0, 0.1) is 23.7 Å². The lowest BCUT2D eigenvalue weighted by Gasteiger charge is -2.64. The Balaban J connectivity index is 1.34. The second kappa shape index (κ2) is 10.4. The smallest absolute Gasteiger partial charge is 0.258 e. The van der Waals surface area contributed by atoms with E-state index in [4.69, 9.17) is 18.0 Å². The summed E-state index contributed by atoms with van der Waals surface area (Å²) in [6.07, 6.45) is 15.1. The van der Waals surface area contributed by atoms with Gasteiger partial charge in [-0.1, -0.05) is 43.5 Å². The molecule has 0 unspecified atom stereocenters. The largest absolute Gasteiger partial charge is 0.396 e. The number of aliphatic hydroxyl groups excluding tert-OH is 1. The van der Waals surface area contributed by atoms with Crippen molar-refractivity contribution >= 4 is 44.7 Å². The van der Waals surface area contributed by atoms with Gasteiger partial charge in [-0.2, -0.15) is 0 Å². The Bertz CT molecular complexity index is 1930. The van der Waals surface area contributed by atoms with Crippen molar-refractivity contribution in [3.8, 4) is 12.3 Å². The van der Waals surface area contributed by atoms with Gasteiger partial charge in [0, 0.05) is 60.7 Å². The third-order valence-electron chi connectivity index (χ3n) is 9.45. The molecule has 3 fully saturated rings. The summed E-state index contributed by atoms with van der Waals surface area (Å²) in [7, 11) is 1.76. The molecule has 2 aromatic heterocycles. The van der Waals surface area contributed by atoms with E-state index in [1.807, 2.05) is 44.2 Å². The molecule has 0 saturated heterocycles. The van der Waals surface area contributed by atoms with Gasteiger partial charge in [-0.05, 0) is 60.4 Å². The lowest BCUT2D eigenvalue weighted by atomic mass is 9.49. The van der Waals surface area contributed by atoms with E-state index in [-0.39, 0.29) is 29.2 Å². The Morgan fingerprint density at radius 1 is 1.23 bits per heavy atom. The monoisotopic (exact) mass is 609 g/mol. The molecule has 0 spiro atoms. The van der Waals surface area contributed by atoms with Crippen LogP contribution in [0.15, 0.2) is 65.5 Å². The Kier molecular flexibility index (Phi) is 6.77. The standard InChI is InChI=1S/C34H36ClN7O2/c1-5-21-16-36-30-26(29(21)37-18-33(2,3)19-43)11-22(12-27(30)35)38-31(28-17-42(40-39-28)34-13-20(14-34)15-34)24-7-6-8-25-23(24)9-10-41(4)32(25)44/h1,6-12,16-17,20,31,38-40,43H,13-15,18-19H2,2-4H3,(H,36,37)/t20?,31-,34?/m0/s1. The summed E-state index contributed by atoms with van der Waals surface area (Å²) in [6.45, 7) is 4.48. The van der Waals surface area contributed by atoms with Gasteiger partial charge in [0.2, 0.25) is 0 Å². The van der Waals surface area contributed by atoms with Crippen LogP contribution in [0.25, 0.3) is 21.7 Å². The average Bonchev–Trinajstić information content (AvgIpc) is 3.44. The molecule has 4 aliphatic rings. The van der Waals surface area contributed by atoms with Crippen LogP contribution in [0.4, 0.5) is 11.4 Å². The minimum Gasteiger partial charge on any atom is -0.396 e. The number of aliphatic hydroxyl groups is 1. The molecule has 9 nitrogen and oxygen atoms in total. The van der Waals surface area contributed by atoms with Crippen molar-refractivity contribution in [2.24, 2.45) is 18.4 Å². The van der Waals surface area contributed by atoms with Crippen molar-refractivity contribution in [2.45, 2.75) is 44.7 Å². The number of hydrogen-bond donors (Lipinski definition) is 5. The summed E-state index contributed by atoms with van der Waals surface area (Å²) in [4.78, 5) is 17.7. The molecule has 0 radical (unpaired) electrons. The zero-order chi connectivity index (χ0) is 30.8. The van der Waals surface area contributed by atoms with Crippen LogP contribution < -0.4 is 27.2 Å². The predicted octanol–water partition coefficient (Wildman–Crippen LogP) is 5.02. The van der Waals surface area contributed by atoms with Crippen LogP contribution in [0.5, 0.6) is 0 Å². The molecule has 8 rings (SSSR count). The molecule has 1 atom stereocenters. The van der Waals surface area contributed by atoms with Crippen LogP contribution >= 0.6 is 11.6 Å². The van der Waals surface area contributed by atoms with Gasteiger partial charge in [0.1, 0.15) is 0 Å². The van der Waals surface area contributed by atoms with E-state index in [0.29, 0.717) is 28.0 Å². The van der Waals surface area contributed by atoms with Crippen molar-refractivity contribution in [1.29, 1.82) is 0 Å². The average molecular weight is 610 g/mol. The maximum atomic E-state index is 13.1. The topological polar surface area (TPSA) is 106 Å². The first-order valence-electron chi connectivity index (χ1n) is 14.9. The fourth-order valence-electron chi connectivity index (χ4n) is 6.63. The van der Waals surface area contributed by atoms with Gasteiger partial charge < -0.3 is 25.7 Å². The Hall–Kier alpha value is -4.23. The summed E-state index contributed by atoms with van der Waals surface area (Å²) in [5, 5.41) is 22.0. The third kappa shape index (κ3) is 4.65. The Labute approximate surface area is 261 Å². The predicted molar refractivity (Wildman–Crippen MR) is 176 cm³/mol. The molecule has 10 heteroatoms. The normalized spacial score (nSPS) is 21.2. The molecule has 3 aliphatic carbocycles. The number of benzene rings is 2. The molecule has 2 bridgehead atoms. The molecule has 0 amide bonds. The van der Waals surface area contributed by atoms with Crippen molar-refractivity contribution in [3.05, 3.63) is 87.2 Å². The second-order valence-corrected chi connectivity index (χ2v) is 13.6. The van der Waals surface area contributed by atoms with E-state index >= 15 is 0 Å². The molecule has 44 heavy (non-hydrogen) atoms. The van der Waals surface area contributed by atoms with Crippen LogP contribution in [-0.2, 0) is 7.05 Å². The molecule has 5 N–H and O–H groups in total. The van der Waals surface area contributed by atoms with Crippen LogP contribution in [0.3, 0.4) is 0 Å². The quantitative estimate of drug-likeness (QED) is 0.168. The van der Waals surface area contributed by atoms with Crippen molar-refractivity contribution in [1.82, 2.24) is 25.5 Å². The fraction of sp³-hybridized carbons (Fsp3) is 0.353. The molecule has 4 aromatic rings. The van der Waals surface area contributed by atoms with Crippen molar-refractivity contribution in [3.63, 3.8) is 0 Å². The number of nitrogens with one attached hydrogen (secondary N) is 4. The van der Waals surface area contributed by atoms with E-state index in [1.54, 1.807) is 24.0 Å². The van der Waals surface area contributed by atoms with Gasteiger partial charge in [0.25, 0.3) is 5.56 Å². The summed E-state index contributed by atoms with van der Waals surface area (Å²) in [5.74, 6) is 3.58. The summed E-state index contributed by atoms with van der Waals surface area (Å²) in [6, 6.07) is 11.4. The molecular weight excluding hydrogens is 574 g/mol. The van der Waals surface area contributed by atoms with Crippen LogP contribution in [0.2, 0.25) is 5.02 Å². The number of halogens is 1. The number of pyridine rings is 2. The van der Waals surface area contributed by atoms with Crippen molar-refractivity contribution in [2.75, 3.05) is 23.8 Å². The Morgan fingerprint density at radius 2 is 2.02 bits per heavy atom. The van der Waals surface area contributed by atoms with E-state index in [2.05, 4.69) is 49.8 Å². The highest BCUT2D eigenvalue weighted by atomic mass is 35.5. The van der Waals surface area contributed by atoms with E-state index < -0.39 is 0 Å². The molecule has 1 aliphatic heterocycles. The van der Waals surface area contributed by atoms with Gasteiger partial charge in [0.05, 0.1) is 39.1 Å². The number of nitrogens with zero attached hydrogens (tertiary/aromatic N) is 3. The number of rotatable bonds is 9. The zero-order valence-corrected chi connectivity index (χ0v) is 25.8. The minimum atomic E-state index is -0.364. The van der Waals surface area contributed by atoms with Gasteiger partial charge in [-0.15, -0.1) is 12.0 Å². The second-order valence-electron chi connectivity index (χ2n) is 13.2. The summed E-state index contributed by atoms with van der Waals surface area (Å²) < 4.78 is 1.60. The van der Waals surface area contributed by atoms with Gasteiger partial charge in [-0.25, -0.2) is 0 Å². The van der Waals surface area contributed by atoms with Crippen LogP contribution in [-0.4, -0.2) is 38.4 Å². The van der Waals surface area contributed by atoms with Gasteiger partial charge in [-0.3, -0.25) is 14.8 Å². The molecule has 2 aromatic carbocycles. The molecule has 3 heterocycles. The number of fused-ring (bicyclic) bond motifs is 2. The van der Waals surface area contributed by atoms with E-state index in [0.717, 1.165) is 39.3 Å². The lowest BCUT2D eigenvalue weighted by Crippen LogP contribution is -2.69. The SMILES string of the molecule is C#Cc1cnc2c(Cl)cc(N[C@H](C3=CN(C45CC(C4)C5)NN3)c3cccc4c(=O)n(C)ccc34)cc2c1NCC(C)(C)CO. The number of aryl methyl sites for hydroxylation is 1. The molecule has 226 valence electrons. The number of anilines is 2. The third-order valence-corrected chi connectivity index (χ3v) is 9.73. The fourth-order valence-corrected chi connectivity index (χ4v) is 6.89. The number of aromatic nitrogens is 2.